The number of carbonyl (C=O) groups excluding carboxylic acids is 1. The lowest BCUT2D eigenvalue weighted by molar-refractivity contribution is -0.134. The number of alkyl halides is 3. The van der Waals surface area contributed by atoms with Crippen molar-refractivity contribution in [2.45, 2.75) is 37.9 Å². The summed E-state index contributed by atoms with van der Waals surface area (Å²) < 4.78 is 41.9. The van der Waals surface area contributed by atoms with E-state index in [0.29, 0.717) is 18.5 Å². The fraction of sp³-hybridized carbons (Fsp3) is 0.333. The molecular weight excluding hydrogens is 388 g/mol. The number of hydrogen-bond donors (Lipinski definition) is 1. The Labute approximate surface area is 158 Å². The highest BCUT2D eigenvalue weighted by Gasteiger charge is 2.44. The van der Waals surface area contributed by atoms with Crippen molar-refractivity contribution in [3.63, 3.8) is 0 Å². The molecule has 3 nitrogen and oxygen atoms in total. The zero-order chi connectivity index (χ0) is 18.9. The molecule has 0 saturated heterocycles. The summed E-state index contributed by atoms with van der Waals surface area (Å²) in [7, 11) is 0. The topological polar surface area (TPSA) is 42.0 Å². The molecule has 0 aliphatic heterocycles. The Balaban J connectivity index is 1.85. The van der Waals surface area contributed by atoms with Gasteiger partial charge in [-0.1, -0.05) is 29.3 Å². The molecule has 0 fully saturated rings. The Morgan fingerprint density at radius 3 is 2.85 bits per heavy atom. The first-order valence-corrected chi connectivity index (χ1v) is 8.76. The minimum atomic E-state index is -2.82. The summed E-state index contributed by atoms with van der Waals surface area (Å²) in [5, 5.41) is 2.46. The third-order valence-electron chi connectivity index (χ3n) is 4.47. The zero-order valence-electron chi connectivity index (χ0n) is 13.5. The van der Waals surface area contributed by atoms with Crippen LogP contribution in [0.3, 0.4) is 0 Å². The summed E-state index contributed by atoms with van der Waals surface area (Å²) in [6.45, 7) is -0.324. The van der Waals surface area contributed by atoms with Gasteiger partial charge in [0.15, 0.2) is 0 Å². The van der Waals surface area contributed by atoms with Crippen LogP contribution in [0.4, 0.5) is 13.2 Å². The standard InChI is InChI=1S/C18H15Cl2F3N2O/c19-10-7-11(16(21)22)12(14(20)8-10)9-25-17(26)18(23)5-1-4-15-13(18)3-2-6-24-15/h2-3,6-8,16H,1,4-5,9H2,(H,25,26)/t18-/m1/s1. The Bertz CT molecular complexity index is 847. The first-order valence-electron chi connectivity index (χ1n) is 8.00. The molecule has 1 aromatic carbocycles. The number of amides is 1. The normalized spacial score (nSPS) is 19.3. The number of carbonyl (C=O) groups is 1. The molecule has 138 valence electrons. The second kappa shape index (κ2) is 7.45. The number of halogens is 5. The molecule has 1 atom stereocenters. The predicted molar refractivity (Wildman–Crippen MR) is 93.2 cm³/mol. The van der Waals surface area contributed by atoms with E-state index in [4.69, 9.17) is 23.2 Å². The minimum Gasteiger partial charge on any atom is -0.349 e. The van der Waals surface area contributed by atoms with Crippen molar-refractivity contribution in [3.8, 4) is 0 Å². The van der Waals surface area contributed by atoms with Crippen molar-refractivity contribution >= 4 is 29.1 Å². The molecule has 0 saturated carbocycles. The fourth-order valence-corrected chi connectivity index (χ4v) is 3.76. The number of aromatic nitrogens is 1. The summed E-state index contributed by atoms with van der Waals surface area (Å²) in [5.41, 5.74) is -1.85. The molecular formula is C18H15Cl2F3N2O. The van der Waals surface area contributed by atoms with Crippen LogP contribution in [-0.4, -0.2) is 10.9 Å². The highest BCUT2D eigenvalue weighted by atomic mass is 35.5. The highest BCUT2D eigenvalue weighted by molar-refractivity contribution is 6.35. The van der Waals surface area contributed by atoms with Gasteiger partial charge in [-0.3, -0.25) is 9.78 Å². The number of rotatable bonds is 4. The molecule has 8 heteroatoms. The molecule has 0 radical (unpaired) electrons. The van der Waals surface area contributed by atoms with Gasteiger partial charge in [0.2, 0.25) is 5.67 Å². The first kappa shape index (κ1) is 19.0. The average Bonchev–Trinajstić information content (AvgIpc) is 2.60. The predicted octanol–water partition coefficient (Wildman–Crippen LogP) is 5.14. The monoisotopic (exact) mass is 402 g/mol. The lowest BCUT2D eigenvalue weighted by Crippen LogP contribution is -2.43. The van der Waals surface area contributed by atoms with Crippen molar-refractivity contribution in [1.82, 2.24) is 10.3 Å². The van der Waals surface area contributed by atoms with Crippen LogP contribution in [0.25, 0.3) is 0 Å². The van der Waals surface area contributed by atoms with E-state index in [-0.39, 0.29) is 39.7 Å². The maximum absolute atomic E-state index is 15.4. The Hall–Kier alpha value is -1.79. The van der Waals surface area contributed by atoms with Crippen LogP contribution < -0.4 is 5.32 Å². The minimum absolute atomic E-state index is 0.00752. The van der Waals surface area contributed by atoms with Gasteiger partial charge in [-0.2, -0.15) is 0 Å². The van der Waals surface area contributed by atoms with Crippen LogP contribution in [0.5, 0.6) is 0 Å². The van der Waals surface area contributed by atoms with Gasteiger partial charge >= 0.3 is 0 Å². The second-order valence-electron chi connectivity index (χ2n) is 6.09. The highest BCUT2D eigenvalue weighted by Crippen LogP contribution is 2.38. The largest absolute Gasteiger partial charge is 0.349 e. The summed E-state index contributed by atoms with van der Waals surface area (Å²) in [5.74, 6) is -0.891. The van der Waals surface area contributed by atoms with Crippen LogP contribution in [-0.2, 0) is 23.4 Å². The molecule has 0 bridgehead atoms. The number of nitrogens with zero attached hydrogens (tertiary/aromatic N) is 1. The smallest absolute Gasteiger partial charge is 0.264 e. The Kier molecular flexibility index (Phi) is 5.44. The zero-order valence-corrected chi connectivity index (χ0v) is 15.0. The molecule has 1 aliphatic carbocycles. The molecule has 26 heavy (non-hydrogen) atoms. The lowest BCUT2D eigenvalue weighted by Gasteiger charge is -2.30. The third-order valence-corrected chi connectivity index (χ3v) is 5.02. The van der Waals surface area contributed by atoms with Crippen molar-refractivity contribution in [2.24, 2.45) is 0 Å². The van der Waals surface area contributed by atoms with Crippen molar-refractivity contribution in [3.05, 3.63) is 62.9 Å². The molecule has 0 unspecified atom stereocenters. The molecule has 1 aromatic heterocycles. The van der Waals surface area contributed by atoms with E-state index < -0.39 is 18.0 Å². The van der Waals surface area contributed by atoms with E-state index in [0.717, 1.165) is 6.07 Å². The van der Waals surface area contributed by atoms with E-state index in [9.17, 15) is 13.6 Å². The van der Waals surface area contributed by atoms with Crippen molar-refractivity contribution in [2.75, 3.05) is 0 Å². The van der Waals surface area contributed by atoms with Gasteiger partial charge in [0.05, 0.1) is 0 Å². The number of nitrogens with one attached hydrogen (secondary N) is 1. The number of benzene rings is 1. The third kappa shape index (κ3) is 3.53. The van der Waals surface area contributed by atoms with Crippen LogP contribution in [0.1, 0.15) is 41.7 Å². The van der Waals surface area contributed by atoms with Gasteiger partial charge in [-0.05, 0) is 43.0 Å². The Morgan fingerprint density at radius 2 is 2.12 bits per heavy atom. The quantitative estimate of drug-likeness (QED) is 0.768. The molecule has 1 heterocycles. The molecule has 1 N–H and O–H groups in total. The van der Waals surface area contributed by atoms with Gasteiger partial charge in [0, 0.05) is 39.6 Å². The number of aryl methyl sites for hydroxylation is 1. The summed E-state index contributed by atoms with van der Waals surface area (Å²) in [6, 6.07) is 5.49. The maximum Gasteiger partial charge on any atom is 0.264 e. The van der Waals surface area contributed by atoms with Crippen LogP contribution in [0.2, 0.25) is 10.0 Å². The van der Waals surface area contributed by atoms with Gasteiger partial charge in [0.1, 0.15) is 0 Å². The van der Waals surface area contributed by atoms with E-state index in [1.165, 1.54) is 12.1 Å². The van der Waals surface area contributed by atoms with E-state index in [1.807, 2.05) is 0 Å². The molecule has 3 rings (SSSR count). The number of hydrogen-bond acceptors (Lipinski definition) is 2. The van der Waals surface area contributed by atoms with Crippen molar-refractivity contribution in [1.29, 1.82) is 0 Å². The lowest BCUT2D eigenvalue weighted by atomic mass is 9.82. The van der Waals surface area contributed by atoms with Crippen LogP contribution in [0.15, 0.2) is 30.5 Å². The molecule has 1 amide bonds. The van der Waals surface area contributed by atoms with E-state index in [2.05, 4.69) is 10.3 Å². The van der Waals surface area contributed by atoms with E-state index >= 15 is 4.39 Å². The van der Waals surface area contributed by atoms with Crippen LogP contribution >= 0.6 is 23.2 Å². The molecule has 1 aliphatic rings. The summed E-state index contributed by atoms with van der Waals surface area (Å²) >= 11 is 11.7. The number of fused-ring (bicyclic) bond motifs is 1. The van der Waals surface area contributed by atoms with E-state index in [1.54, 1.807) is 12.3 Å². The van der Waals surface area contributed by atoms with Crippen LogP contribution in [0, 0.1) is 0 Å². The van der Waals surface area contributed by atoms with Gasteiger partial charge in [-0.15, -0.1) is 0 Å². The average molecular weight is 403 g/mol. The number of pyridine rings is 1. The van der Waals surface area contributed by atoms with Gasteiger partial charge in [-0.25, -0.2) is 13.2 Å². The SMILES string of the molecule is O=C(NCc1c(Cl)cc(Cl)cc1C(F)F)[C@@]1(F)CCCc2ncccc21. The maximum atomic E-state index is 15.4. The Morgan fingerprint density at radius 1 is 1.35 bits per heavy atom. The summed E-state index contributed by atoms with van der Waals surface area (Å²) in [6.07, 6.45) is -0.207. The first-order chi connectivity index (χ1) is 12.3. The fourth-order valence-electron chi connectivity index (χ4n) is 3.18. The van der Waals surface area contributed by atoms with Gasteiger partial charge in [0.25, 0.3) is 12.3 Å². The summed E-state index contributed by atoms with van der Waals surface area (Å²) in [4.78, 5) is 16.7. The molecule has 2 aromatic rings. The molecule has 0 spiro atoms. The van der Waals surface area contributed by atoms with Gasteiger partial charge < -0.3 is 5.32 Å². The second-order valence-corrected chi connectivity index (χ2v) is 6.93. The van der Waals surface area contributed by atoms with Crippen molar-refractivity contribution < 1.29 is 18.0 Å².